The maximum atomic E-state index is 12.4. The predicted molar refractivity (Wildman–Crippen MR) is 76.0 cm³/mol. The summed E-state index contributed by atoms with van der Waals surface area (Å²) in [6.07, 6.45) is -0.390. The second-order valence-electron chi connectivity index (χ2n) is 5.01. The van der Waals surface area contributed by atoms with Crippen LogP contribution in [0.15, 0.2) is 18.2 Å². The van der Waals surface area contributed by atoms with Crippen molar-refractivity contribution >= 4 is 17.7 Å². The summed E-state index contributed by atoms with van der Waals surface area (Å²) in [5, 5.41) is 8.60. The Kier molecular flexibility index (Phi) is 4.65. The molecule has 7 heteroatoms. The third-order valence-electron chi connectivity index (χ3n) is 3.56. The topological polar surface area (TPSA) is 93.1 Å². The van der Waals surface area contributed by atoms with Gasteiger partial charge in [0.1, 0.15) is 0 Å². The Morgan fingerprint density at radius 2 is 1.91 bits per heavy atom. The SMILES string of the molecule is C[C@@H](C(=O)c1ccc2c(c1)OCO2)N(C)C(=O)CCC(=O)O. The minimum Gasteiger partial charge on any atom is -0.481 e. The molecule has 0 radical (unpaired) electrons. The molecule has 0 aliphatic carbocycles. The van der Waals surface area contributed by atoms with Crippen molar-refractivity contribution in [2.45, 2.75) is 25.8 Å². The van der Waals surface area contributed by atoms with Gasteiger partial charge in [-0.1, -0.05) is 0 Å². The fraction of sp³-hybridized carbons (Fsp3) is 0.400. The van der Waals surface area contributed by atoms with Crippen LogP contribution >= 0.6 is 0 Å². The van der Waals surface area contributed by atoms with E-state index in [2.05, 4.69) is 0 Å². The van der Waals surface area contributed by atoms with Crippen molar-refractivity contribution in [2.75, 3.05) is 13.8 Å². The molecule has 0 saturated heterocycles. The highest BCUT2D eigenvalue weighted by atomic mass is 16.7. The average Bonchev–Trinajstić information content (AvgIpc) is 2.97. The molecule has 1 atom stereocenters. The molecule has 0 bridgehead atoms. The van der Waals surface area contributed by atoms with Crippen LogP contribution in [0.1, 0.15) is 30.1 Å². The molecule has 1 aromatic carbocycles. The zero-order chi connectivity index (χ0) is 16.3. The first-order valence-corrected chi connectivity index (χ1v) is 6.81. The molecule has 118 valence electrons. The number of amides is 1. The number of aliphatic carboxylic acids is 1. The zero-order valence-electron chi connectivity index (χ0n) is 12.4. The maximum absolute atomic E-state index is 12.4. The summed E-state index contributed by atoms with van der Waals surface area (Å²) in [5.41, 5.74) is 0.412. The first kappa shape index (κ1) is 15.8. The quantitative estimate of drug-likeness (QED) is 0.796. The van der Waals surface area contributed by atoms with Gasteiger partial charge in [0, 0.05) is 19.0 Å². The van der Waals surface area contributed by atoms with Gasteiger partial charge in [-0.15, -0.1) is 0 Å². The lowest BCUT2D eigenvalue weighted by molar-refractivity contribution is -0.140. The second kappa shape index (κ2) is 6.46. The highest BCUT2D eigenvalue weighted by Gasteiger charge is 2.25. The Morgan fingerprint density at radius 1 is 1.23 bits per heavy atom. The van der Waals surface area contributed by atoms with Crippen molar-refractivity contribution in [2.24, 2.45) is 0 Å². The van der Waals surface area contributed by atoms with Crippen molar-refractivity contribution in [1.82, 2.24) is 4.90 Å². The first-order chi connectivity index (χ1) is 10.4. The molecule has 0 unspecified atom stereocenters. The molecule has 22 heavy (non-hydrogen) atoms. The number of Topliss-reactive ketones (excluding diaryl/α,β-unsaturated/α-hetero) is 1. The Balaban J connectivity index is 2.05. The lowest BCUT2D eigenvalue weighted by Crippen LogP contribution is -2.40. The summed E-state index contributed by atoms with van der Waals surface area (Å²) in [6, 6.07) is 4.15. The fourth-order valence-corrected chi connectivity index (χ4v) is 2.07. The van der Waals surface area contributed by atoms with Gasteiger partial charge in [-0.2, -0.15) is 0 Å². The van der Waals surface area contributed by atoms with Crippen LogP contribution in [0.4, 0.5) is 0 Å². The molecular formula is C15H17NO6. The monoisotopic (exact) mass is 307 g/mol. The van der Waals surface area contributed by atoms with Crippen molar-refractivity contribution in [3.05, 3.63) is 23.8 Å². The molecule has 0 saturated carbocycles. The molecule has 1 heterocycles. The number of carbonyl (C=O) groups is 3. The lowest BCUT2D eigenvalue weighted by atomic mass is 10.0. The van der Waals surface area contributed by atoms with Crippen LogP contribution in [-0.2, 0) is 9.59 Å². The fourth-order valence-electron chi connectivity index (χ4n) is 2.07. The summed E-state index contributed by atoms with van der Waals surface area (Å²) in [6.45, 7) is 1.72. The van der Waals surface area contributed by atoms with Gasteiger partial charge in [0.2, 0.25) is 12.7 Å². The number of carboxylic acids is 1. The van der Waals surface area contributed by atoms with E-state index >= 15 is 0 Å². The smallest absolute Gasteiger partial charge is 0.303 e. The third-order valence-corrected chi connectivity index (χ3v) is 3.56. The minimum absolute atomic E-state index is 0.121. The van der Waals surface area contributed by atoms with Crippen molar-refractivity contribution < 1.29 is 29.0 Å². The van der Waals surface area contributed by atoms with Crippen LogP contribution in [0, 0.1) is 0 Å². The Labute approximate surface area is 127 Å². The highest BCUT2D eigenvalue weighted by molar-refractivity contribution is 6.02. The lowest BCUT2D eigenvalue weighted by Gasteiger charge is -2.23. The first-order valence-electron chi connectivity index (χ1n) is 6.81. The number of nitrogens with zero attached hydrogens (tertiary/aromatic N) is 1. The van der Waals surface area contributed by atoms with Gasteiger partial charge >= 0.3 is 5.97 Å². The molecule has 0 aromatic heterocycles. The maximum Gasteiger partial charge on any atom is 0.303 e. The standard InChI is InChI=1S/C15H17NO6/c1-9(16(2)13(17)5-6-14(18)19)15(20)10-3-4-11-12(7-10)22-8-21-11/h3-4,7,9H,5-6,8H2,1-2H3,(H,18,19)/t9-/m0/s1. The van der Waals surface area contributed by atoms with Gasteiger partial charge in [-0.25, -0.2) is 0 Å². The summed E-state index contributed by atoms with van der Waals surface area (Å²) in [5.74, 6) is -0.599. The van der Waals surface area contributed by atoms with Gasteiger partial charge in [-0.3, -0.25) is 14.4 Å². The molecule has 0 fully saturated rings. The number of hydrogen-bond acceptors (Lipinski definition) is 5. The van der Waals surface area contributed by atoms with E-state index in [1.54, 1.807) is 25.1 Å². The summed E-state index contributed by atoms with van der Waals surface area (Å²) < 4.78 is 10.4. The molecule has 1 aromatic rings. The summed E-state index contributed by atoms with van der Waals surface area (Å²) in [4.78, 5) is 36.1. The Bertz CT molecular complexity index is 612. The summed E-state index contributed by atoms with van der Waals surface area (Å²) >= 11 is 0. The number of ketones is 1. The van der Waals surface area contributed by atoms with Gasteiger partial charge in [0.25, 0.3) is 0 Å². The van der Waals surface area contributed by atoms with Crippen LogP contribution < -0.4 is 9.47 Å². The number of ether oxygens (including phenoxy) is 2. The van der Waals surface area contributed by atoms with Crippen molar-refractivity contribution in [3.8, 4) is 11.5 Å². The largest absolute Gasteiger partial charge is 0.481 e. The van der Waals surface area contributed by atoms with E-state index in [4.69, 9.17) is 14.6 Å². The number of benzene rings is 1. The van der Waals surface area contributed by atoms with E-state index in [0.29, 0.717) is 17.1 Å². The number of carboxylic acid groups (broad SMARTS) is 1. The van der Waals surface area contributed by atoms with Crippen LogP contribution in [0.5, 0.6) is 11.5 Å². The van der Waals surface area contributed by atoms with Crippen molar-refractivity contribution in [3.63, 3.8) is 0 Å². The van der Waals surface area contributed by atoms with Gasteiger partial charge < -0.3 is 19.5 Å². The second-order valence-corrected chi connectivity index (χ2v) is 5.01. The third kappa shape index (κ3) is 3.36. The molecule has 7 nitrogen and oxygen atoms in total. The highest BCUT2D eigenvalue weighted by Crippen LogP contribution is 2.32. The summed E-state index contributed by atoms with van der Waals surface area (Å²) in [7, 11) is 1.49. The number of rotatable bonds is 6. The molecular weight excluding hydrogens is 290 g/mol. The molecule has 2 rings (SSSR count). The normalized spacial score (nSPS) is 13.5. The van der Waals surface area contributed by atoms with Crippen LogP contribution in [-0.4, -0.2) is 47.5 Å². The van der Waals surface area contributed by atoms with E-state index in [1.165, 1.54) is 11.9 Å². The average molecular weight is 307 g/mol. The van der Waals surface area contributed by atoms with Crippen LogP contribution in [0.3, 0.4) is 0 Å². The molecule has 1 amide bonds. The van der Waals surface area contributed by atoms with Crippen molar-refractivity contribution in [1.29, 1.82) is 0 Å². The number of fused-ring (bicyclic) bond motifs is 1. The van der Waals surface area contributed by atoms with E-state index in [-0.39, 0.29) is 31.3 Å². The van der Waals surface area contributed by atoms with Gasteiger partial charge in [-0.05, 0) is 25.1 Å². The molecule has 0 spiro atoms. The molecule has 1 aliphatic rings. The number of carbonyl (C=O) groups excluding carboxylic acids is 2. The Morgan fingerprint density at radius 3 is 2.59 bits per heavy atom. The van der Waals surface area contributed by atoms with E-state index < -0.39 is 12.0 Å². The van der Waals surface area contributed by atoms with Gasteiger partial charge in [0.15, 0.2) is 17.3 Å². The van der Waals surface area contributed by atoms with E-state index in [0.717, 1.165) is 0 Å². The van der Waals surface area contributed by atoms with E-state index in [1.807, 2.05) is 0 Å². The number of likely N-dealkylation sites (N-methyl/N-ethyl adjacent to an activating group) is 1. The molecule has 1 N–H and O–H groups in total. The van der Waals surface area contributed by atoms with Gasteiger partial charge in [0.05, 0.1) is 12.5 Å². The van der Waals surface area contributed by atoms with E-state index in [9.17, 15) is 14.4 Å². The number of hydrogen-bond donors (Lipinski definition) is 1. The minimum atomic E-state index is -1.04. The molecule has 1 aliphatic heterocycles. The predicted octanol–water partition coefficient (Wildman–Crippen LogP) is 1.31. The Hall–Kier alpha value is -2.57. The van der Waals surface area contributed by atoms with Crippen LogP contribution in [0.2, 0.25) is 0 Å². The zero-order valence-corrected chi connectivity index (χ0v) is 12.4. The van der Waals surface area contributed by atoms with Crippen LogP contribution in [0.25, 0.3) is 0 Å².